The number of alkyl halides is 3. The highest BCUT2D eigenvalue weighted by atomic mass is 32.2. The van der Waals surface area contributed by atoms with E-state index < -0.39 is 51.7 Å². The van der Waals surface area contributed by atoms with Crippen LogP contribution in [0.2, 0.25) is 0 Å². The summed E-state index contributed by atoms with van der Waals surface area (Å²) in [6.07, 6.45) is -4.74. The average molecular weight is 590 g/mol. The highest BCUT2D eigenvalue weighted by Gasteiger charge is 2.35. The van der Waals surface area contributed by atoms with Crippen LogP contribution in [0.5, 0.6) is 0 Å². The first kappa shape index (κ1) is 31.7. The number of halogens is 3. The Bertz CT molecular complexity index is 1470. The molecule has 0 saturated carbocycles. The van der Waals surface area contributed by atoms with Crippen LogP contribution < -0.4 is 9.62 Å². The van der Waals surface area contributed by atoms with Crippen LogP contribution in [-0.4, -0.2) is 43.3 Å². The van der Waals surface area contributed by atoms with Crippen molar-refractivity contribution < 1.29 is 31.2 Å². The smallest absolute Gasteiger partial charge is 0.350 e. The molecule has 0 radical (unpaired) electrons. The molecular weight excluding hydrogens is 555 g/mol. The summed E-state index contributed by atoms with van der Waals surface area (Å²) in [4.78, 5) is 28.0. The summed E-state index contributed by atoms with van der Waals surface area (Å²) in [5.41, 5.74) is -0.543. The zero-order valence-electron chi connectivity index (χ0n) is 23.6. The second kappa shape index (κ2) is 12.3. The van der Waals surface area contributed by atoms with Crippen molar-refractivity contribution in [3.05, 3.63) is 95.6 Å². The quantitative estimate of drug-likeness (QED) is 0.355. The zero-order chi connectivity index (χ0) is 30.6. The fraction of sp³-hybridized carbons (Fsp3) is 0.333. The fourth-order valence-corrected chi connectivity index (χ4v) is 5.45. The largest absolute Gasteiger partial charge is 0.416 e. The molecule has 3 rings (SSSR count). The van der Waals surface area contributed by atoms with Crippen LogP contribution in [0.3, 0.4) is 0 Å². The first-order valence-electron chi connectivity index (χ1n) is 12.9. The van der Waals surface area contributed by atoms with Gasteiger partial charge in [0.25, 0.3) is 10.0 Å². The molecule has 3 aromatic carbocycles. The predicted octanol–water partition coefficient (Wildman–Crippen LogP) is 5.54. The van der Waals surface area contributed by atoms with Gasteiger partial charge >= 0.3 is 6.18 Å². The zero-order valence-corrected chi connectivity index (χ0v) is 24.4. The molecule has 3 aromatic rings. The third-order valence-corrected chi connectivity index (χ3v) is 8.00. The molecule has 0 unspecified atom stereocenters. The minimum atomic E-state index is -4.74. The van der Waals surface area contributed by atoms with Crippen LogP contribution in [0.4, 0.5) is 18.9 Å². The molecular formula is C30H34F3N3O4S. The number of benzene rings is 3. The number of carbonyl (C=O) groups excluding carboxylic acids is 2. The molecule has 0 spiro atoms. The van der Waals surface area contributed by atoms with Crippen LogP contribution in [0.25, 0.3) is 0 Å². The SMILES string of the molecule is Cc1ccc(S(=O)(=O)N(CC(=O)N(Cc2ccccc2)[C@@H](C)C(=O)NC(C)(C)C)c2cccc(C(F)(F)F)c2)cc1. The Labute approximate surface area is 239 Å². The van der Waals surface area contributed by atoms with Crippen molar-refractivity contribution in [2.75, 3.05) is 10.8 Å². The van der Waals surface area contributed by atoms with Crippen LogP contribution in [0.1, 0.15) is 44.4 Å². The van der Waals surface area contributed by atoms with Crippen molar-refractivity contribution in [1.29, 1.82) is 0 Å². The molecule has 0 heterocycles. The van der Waals surface area contributed by atoms with Crippen molar-refractivity contribution in [2.24, 2.45) is 0 Å². The van der Waals surface area contributed by atoms with Gasteiger partial charge in [-0.1, -0.05) is 54.1 Å². The third kappa shape index (κ3) is 8.32. The van der Waals surface area contributed by atoms with E-state index in [-0.39, 0.29) is 17.1 Å². The molecule has 220 valence electrons. The van der Waals surface area contributed by atoms with E-state index >= 15 is 0 Å². The second-order valence-electron chi connectivity index (χ2n) is 10.8. The normalized spacial score (nSPS) is 12.9. The van der Waals surface area contributed by atoms with Crippen molar-refractivity contribution >= 4 is 27.5 Å². The molecule has 0 aliphatic carbocycles. The predicted molar refractivity (Wildman–Crippen MR) is 152 cm³/mol. The Morgan fingerprint density at radius 1 is 0.902 bits per heavy atom. The lowest BCUT2D eigenvalue weighted by atomic mass is 10.1. The molecule has 1 N–H and O–H groups in total. The third-order valence-electron chi connectivity index (χ3n) is 6.21. The average Bonchev–Trinajstić information content (AvgIpc) is 2.89. The van der Waals surface area contributed by atoms with Gasteiger partial charge in [0.1, 0.15) is 12.6 Å². The minimum Gasteiger partial charge on any atom is -0.350 e. The second-order valence-corrected chi connectivity index (χ2v) is 12.7. The number of anilines is 1. The molecule has 11 heteroatoms. The van der Waals surface area contributed by atoms with E-state index in [1.807, 2.05) is 0 Å². The summed E-state index contributed by atoms with van der Waals surface area (Å²) in [5, 5.41) is 2.82. The Morgan fingerprint density at radius 3 is 2.07 bits per heavy atom. The number of hydrogen-bond acceptors (Lipinski definition) is 4. The number of rotatable bonds is 9. The standard InChI is InChI=1S/C30H34F3N3O4S/c1-21-14-16-26(17-15-21)41(39,40)36(25-13-9-12-24(18-25)30(31,32)33)20-27(37)35(19-23-10-7-6-8-11-23)22(2)28(38)34-29(3,4)5/h6-18,22H,19-20H2,1-5H3,(H,34,38)/t22-/m0/s1. The van der Waals surface area contributed by atoms with E-state index in [4.69, 9.17) is 0 Å². The van der Waals surface area contributed by atoms with Crippen LogP contribution in [-0.2, 0) is 32.3 Å². The summed E-state index contributed by atoms with van der Waals surface area (Å²) in [5.74, 6) is -1.23. The molecule has 1 atom stereocenters. The Kier molecular flexibility index (Phi) is 9.53. The molecule has 7 nitrogen and oxygen atoms in total. The first-order chi connectivity index (χ1) is 19.0. The number of carbonyl (C=O) groups is 2. The van der Waals surface area contributed by atoms with Gasteiger partial charge in [-0.2, -0.15) is 13.2 Å². The van der Waals surface area contributed by atoms with Crippen molar-refractivity contribution in [1.82, 2.24) is 10.2 Å². The molecule has 0 aliphatic heterocycles. The lowest BCUT2D eigenvalue weighted by Crippen LogP contribution is -2.54. The summed E-state index contributed by atoms with van der Waals surface area (Å²) < 4.78 is 69.0. The summed E-state index contributed by atoms with van der Waals surface area (Å²) >= 11 is 0. The van der Waals surface area contributed by atoms with Crippen molar-refractivity contribution in [2.45, 2.75) is 63.8 Å². The number of hydrogen-bond donors (Lipinski definition) is 1. The number of nitrogens with zero attached hydrogens (tertiary/aromatic N) is 2. The molecule has 0 aliphatic rings. The highest BCUT2D eigenvalue weighted by Crippen LogP contribution is 2.33. The van der Waals surface area contributed by atoms with Crippen LogP contribution in [0, 0.1) is 6.92 Å². The van der Waals surface area contributed by atoms with E-state index in [0.29, 0.717) is 15.9 Å². The lowest BCUT2D eigenvalue weighted by molar-refractivity contribution is -0.140. The lowest BCUT2D eigenvalue weighted by Gasteiger charge is -2.33. The van der Waals surface area contributed by atoms with Crippen molar-refractivity contribution in [3.63, 3.8) is 0 Å². The van der Waals surface area contributed by atoms with Gasteiger partial charge in [0, 0.05) is 12.1 Å². The number of aryl methyl sites for hydroxylation is 1. The van der Waals surface area contributed by atoms with Gasteiger partial charge in [-0.25, -0.2) is 8.42 Å². The Morgan fingerprint density at radius 2 is 1.51 bits per heavy atom. The van der Waals surface area contributed by atoms with Crippen LogP contribution in [0.15, 0.2) is 83.8 Å². The van der Waals surface area contributed by atoms with Crippen LogP contribution >= 0.6 is 0 Å². The van der Waals surface area contributed by atoms with Gasteiger partial charge in [0.15, 0.2) is 0 Å². The first-order valence-corrected chi connectivity index (χ1v) is 14.3. The topological polar surface area (TPSA) is 86.8 Å². The molecule has 0 bridgehead atoms. The van der Waals surface area contributed by atoms with Gasteiger partial charge in [-0.05, 0) is 70.5 Å². The maximum atomic E-state index is 13.9. The molecule has 41 heavy (non-hydrogen) atoms. The number of nitrogens with one attached hydrogen (secondary N) is 1. The van der Waals surface area contributed by atoms with Gasteiger partial charge < -0.3 is 10.2 Å². The van der Waals surface area contributed by atoms with E-state index in [1.165, 1.54) is 30.0 Å². The van der Waals surface area contributed by atoms with E-state index in [1.54, 1.807) is 70.2 Å². The highest BCUT2D eigenvalue weighted by molar-refractivity contribution is 7.92. The summed E-state index contributed by atoms with van der Waals surface area (Å²) in [6.45, 7) is 7.76. The van der Waals surface area contributed by atoms with E-state index in [9.17, 15) is 31.2 Å². The molecule has 0 saturated heterocycles. The molecule has 0 fully saturated rings. The molecule has 2 amide bonds. The Balaban J connectivity index is 2.09. The molecule has 0 aromatic heterocycles. The van der Waals surface area contributed by atoms with Gasteiger partial charge in [-0.3, -0.25) is 13.9 Å². The van der Waals surface area contributed by atoms with Gasteiger partial charge in [0.05, 0.1) is 16.1 Å². The van der Waals surface area contributed by atoms with Gasteiger partial charge in [-0.15, -0.1) is 0 Å². The van der Waals surface area contributed by atoms with E-state index in [0.717, 1.165) is 17.7 Å². The summed E-state index contributed by atoms with van der Waals surface area (Å²) in [7, 11) is -4.49. The van der Waals surface area contributed by atoms with E-state index in [2.05, 4.69) is 5.32 Å². The van der Waals surface area contributed by atoms with Crippen molar-refractivity contribution in [3.8, 4) is 0 Å². The number of sulfonamides is 1. The van der Waals surface area contributed by atoms with Gasteiger partial charge in [0.2, 0.25) is 11.8 Å². The monoisotopic (exact) mass is 589 g/mol. The Hall–Kier alpha value is -3.86. The minimum absolute atomic E-state index is 0.0284. The summed E-state index contributed by atoms with van der Waals surface area (Å²) in [6, 6.07) is 17.4. The maximum absolute atomic E-state index is 13.9. The number of amides is 2. The maximum Gasteiger partial charge on any atom is 0.416 e. The fourth-order valence-electron chi connectivity index (χ4n) is 4.04.